The number of fused-ring (bicyclic) bond motifs is 1. The van der Waals surface area contributed by atoms with Gasteiger partial charge in [-0.1, -0.05) is 18.2 Å². The lowest BCUT2D eigenvalue weighted by atomic mass is 10.4. The number of halogens is 1. The van der Waals surface area contributed by atoms with Crippen molar-refractivity contribution in [3.05, 3.63) is 35.0 Å². The summed E-state index contributed by atoms with van der Waals surface area (Å²) < 4.78 is 0. The monoisotopic (exact) mass is 190 g/mol. The Kier molecular flexibility index (Phi) is 1.80. The summed E-state index contributed by atoms with van der Waals surface area (Å²) in [5.74, 6) is 0.259. The first-order valence-corrected chi connectivity index (χ1v) is 3.84. The first-order valence-electron chi connectivity index (χ1n) is 3.46. The second kappa shape index (κ2) is 2.96. The van der Waals surface area contributed by atoms with Gasteiger partial charge >= 0.3 is 0 Å². The van der Waals surface area contributed by atoms with Gasteiger partial charge in [-0.05, 0) is 0 Å². The summed E-state index contributed by atoms with van der Waals surface area (Å²) in [7, 11) is 0. The van der Waals surface area contributed by atoms with E-state index in [1.165, 1.54) is 12.4 Å². The molecule has 2 heterocycles. The Bertz CT molecular complexity index is 503. The minimum Gasteiger partial charge on any atom is -0.359 e. The molecule has 13 heavy (non-hydrogen) atoms. The van der Waals surface area contributed by atoms with E-state index < -0.39 is 0 Å². The van der Waals surface area contributed by atoms with E-state index in [-0.39, 0.29) is 5.82 Å². The highest BCUT2D eigenvalue weighted by Crippen LogP contribution is 2.18. The Morgan fingerprint density at radius 2 is 2.23 bits per heavy atom. The number of rotatable bonds is 0. The van der Waals surface area contributed by atoms with Crippen LogP contribution in [0.5, 0.6) is 0 Å². The molecule has 0 bridgehead atoms. The van der Waals surface area contributed by atoms with Gasteiger partial charge in [-0.3, -0.25) is 4.98 Å². The molecule has 0 aliphatic rings. The van der Waals surface area contributed by atoms with Crippen LogP contribution in [0.25, 0.3) is 15.9 Å². The third kappa shape index (κ3) is 1.30. The Morgan fingerprint density at radius 3 is 3.00 bits per heavy atom. The van der Waals surface area contributed by atoms with Crippen LogP contribution in [0.4, 0.5) is 5.82 Å². The fourth-order valence-electron chi connectivity index (χ4n) is 0.957. The second-order valence-corrected chi connectivity index (χ2v) is 2.67. The largest absolute Gasteiger partial charge is 0.359 e. The fraction of sp³-hybridized carbons (Fsp3) is 0. The first kappa shape index (κ1) is 7.90. The Hall–Kier alpha value is -1.73. The Morgan fingerprint density at radius 1 is 1.38 bits per heavy atom. The standard InChI is InChI=1S/C8H3ClN4/c1-10-6-4-12-7-5(13-6)2-3-11-8(7)9/h2-4H. The van der Waals surface area contributed by atoms with Gasteiger partial charge in [0.05, 0.1) is 6.20 Å². The third-order valence-electron chi connectivity index (χ3n) is 1.52. The zero-order valence-corrected chi connectivity index (χ0v) is 7.15. The maximum absolute atomic E-state index is 6.75. The van der Waals surface area contributed by atoms with E-state index in [0.29, 0.717) is 16.2 Å². The SMILES string of the molecule is [C-]#[N+]c1cnc2c(Cl)nccc2n1. The average molecular weight is 191 g/mol. The quantitative estimate of drug-likeness (QED) is 0.473. The molecule has 0 aromatic carbocycles. The van der Waals surface area contributed by atoms with E-state index in [4.69, 9.17) is 18.2 Å². The lowest BCUT2D eigenvalue weighted by Crippen LogP contribution is -1.85. The van der Waals surface area contributed by atoms with E-state index in [1.807, 2.05) is 0 Å². The second-order valence-electron chi connectivity index (χ2n) is 2.31. The molecule has 2 aromatic rings. The molecule has 5 heteroatoms. The van der Waals surface area contributed by atoms with Gasteiger partial charge in [-0.2, -0.15) is 0 Å². The minimum absolute atomic E-state index is 0.259. The maximum Gasteiger partial charge on any atom is 0.288 e. The van der Waals surface area contributed by atoms with E-state index in [2.05, 4.69) is 19.8 Å². The number of pyridine rings is 1. The van der Waals surface area contributed by atoms with Crippen LogP contribution in [0.1, 0.15) is 0 Å². The van der Waals surface area contributed by atoms with Crippen LogP contribution in [0.2, 0.25) is 5.15 Å². The summed E-state index contributed by atoms with van der Waals surface area (Å²) in [6.07, 6.45) is 2.91. The van der Waals surface area contributed by atoms with Crippen LogP contribution in [0, 0.1) is 6.57 Å². The molecule has 0 unspecified atom stereocenters. The highest BCUT2D eigenvalue weighted by atomic mass is 35.5. The molecule has 0 saturated carbocycles. The zero-order chi connectivity index (χ0) is 9.26. The van der Waals surface area contributed by atoms with Gasteiger partial charge < -0.3 is 4.85 Å². The predicted molar refractivity (Wildman–Crippen MR) is 48.6 cm³/mol. The van der Waals surface area contributed by atoms with Crippen molar-refractivity contribution < 1.29 is 0 Å². The van der Waals surface area contributed by atoms with Crippen LogP contribution in [0.3, 0.4) is 0 Å². The summed E-state index contributed by atoms with van der Waals surface area (Å²) in [4.78, 5) is 15.0. The molecule has 0 amide bonds. The summed E-state index contributed by atoms with van der Waals surface area (Å²) in [5.41, 5.74) is 1.12. The molecule has 2 rings (SSSR count). The van der Waals surface area contributed by atoms with E-state index >= 15 is 0 Å². The van der Waals surface area contributed by atoms with Crippen LogP contribution in [0.15, 0.2) is 18.5 Å². The van der Waals surface area contributed by atoms with Gasteiger partial charge in [0.1, 0.15) is 5.52 Å². The summed E-state index contributed by atoms with van der Waals surface area (Å²) in [6, 6.07) is 1.67. The Labute approximate surface area is 79.0 Å². The lowest BCUT2D eigenvalue weighted by molar-refractivity contribution is 1.26. The van der Waals surface area contributed by atoms with Crippen molar-refractivity contribution >= 4 is 28.5 Å². The molecule has 0 radical (unpaired) electrons. The molecule has 2 aromatic heterocycles. The highest BCUT2D eigenvalue weighted by molar-refractivity contribution is 6.33. The van der Waals surface area contributed by atoms with Crippen molar-refractivity contribution in [2.75, 3.05) is 0 Å². The smallest absolute Gasteiger partial charge is 0.288 e. The summed E-state index contributed by atoms with van der Waals surface area (Å²) in [5, 5.41) is 0.307. The van der Waals surface area contributed by atoms with Gasteiger partial charge in [0.15, 0.2) is 10.7 Å². The number of nitrogens with zero attached hydrogens (tertiary/aromatic N) is 4. The highest BCUT2D eigenvalue weighted by Gasteiger charge is 2.05. The summed E-state index contributed by atoms with van der Waals surface area (Å²) in [6.45, 7) is 6.75. The van der Waals surface area contributed by atoms with Gasteiger partial charge in [-0.25, -0.2) is 4.98 Å². The van der Waals surface area contributed by atoms with Crippen molar-refractivity contribution in [2.45, 2.75) is 0 Å². The van der Waals surface area contributed by atoms with Crippen molar-refractivity contribution in [3.63, 3.8) is 0 Å². The molecule has 62 valence electrons. The van der Waals surface area contributed by atoms with Gasteiger partial charge in [0, 0.05) is 12.3 Å². The zero-order valence-electron chi connectivity index (χ0n) is 6.40. The van der Waals surface area contributed by atoms with Gasteiger partial charge in [0.25, 0.3) is 5.82 Å². The molecule has 0 spiro atoms. The topological polar surface area (TPSA) is 43.0 Å². The average Bonchev–Trinajstić information content (AvgIpc) is 2.18. The molecular formula is C8H3ClN4. The molecule has 0 fully saturated rings. The van der Waals surface area contributed by atoms with Crippen molar-refractivity contribution in [3.8, 4) is 0 Å². The number of hydrogen-bond acceptors (Lipinski definition) is 3. The van der Waals surface area contributed by atoms with Gasteiger partial charge in [-0.15, -0.1) is 4.98 Å². The predicted octanol–water partition coefficient (Wildman–Crippen LogP) is 2.23. The van der Waals surface area contributed by atoms with Crippen LogP contribution < -0.4 is 0 Å². The molecular weight excluding hydrogens is 188 g/mol. The van der Waals surface area contributed by atoms with Crippen LogP contribution >= 0.6 is 11.6 Å². The number of hydrogen-bond donors (Lipinski definition) is 0. The van der Waals surface area contributed by atoms with E-state index in [0.717, 1.165) is 0 Å². The number of aromatic nitrogens is 3. The fourth-order valence-corrected chi connectivity index (χ4v) is 1.16. The van der Waals surface area contributed by atoms with E-state index in [9.17, 15) is 0 Å². The lowest BCUT2D eigenvalue weighted by Gasteiger charge is -1.94. The molecule has 0 atom stereocenters. The first-order chi connectivity index (χ1) is 6.31. The third-order valence-corrected chi connectivity index (χ3v) is 1.79. The van der Waals surface area contributed by atoms with Crippen LogP contribution in [-0.4, -0.2) is 15.0 Å². The molecule has 0 aliphatic heterocycles. The molecule has 0 aliphatic carbocycles. The Balaban J connectivity index is 2.82. The minimum atomic E-state index is 0.259. The van der Waals surface area contributed by atoms with Crippen molar-refractivity contribution in [1.29, 1.82) is 0 Å². The van der Waals surface area contributed by atoms with Crippen molar-refractivity contribution in [1.82, 2.24) is 15.0 Å². The maximum atomic E-state index is 6.75. The molecule has 4 nitrogen and oxygen atoms in total. The molecule has 0 N–H and O–H groups in total. The van der Waals surface area contributed by atoms with Crippen LogP contribution in [-0.2, 0) is 0 Å². The van der Waals surface area contributed by atoms with E-state index in [1.54, 1.807) is 6.07 Å². The van der Waals surface area contributed by atoms with Gasteiger partial charge in [0.2, 0.25) is 0 Å². The molecule has 0 saturated heterocycles. The van der Waals surface area contributed by atoms with Crippen molar-refractivity contribution in [2.24, 2.45) is 0 Å². The summed E-state index contributed by atoms with van der Waals surface area (Å²) >= 11 is 5.76. The normalized spacial score (nSPS) is 9.85.